The number of hydrogen-bond acceptors (Lipinski definition) is 1. The molecule has 4 heteroatoms. The van der Waals surface area contributed by atoms with E-state index in [4.69, 9.17) is 0 Å². The van der Waals surface area contributed by atoms with E-state index in [9.17, 15) is 4.79 Å². The standard InChI is InChI=1S/C14H21BrN2O/c1-3-13(4-2)17-14(18)16-9-8-11-6-5-7-12(15)10-11/h5-7,10,13H,3-4,8-9H2,1-2H3,(H2,16,17,18). The number of halogens is 1. The van der Waals surface area contributed by atoms with Gasteiger partial charge in [0, 0.05) is 17.1 Å². The molecule has 0 spiro atoms. The first-order chi connectivity index (χ1) is 8.65. The number of nitrogens with one attached hydrogen (secondary N) is 2. The third-order valence-corrected chi connectivity index (χ3v) is 3.40. The van der Waals surface area contributed by atoms with Crippen LogP contribution in [0.4, 0.5) is 4.79 Å². The summed E-state index contributed by atoms with van der Waals surface area (Å²) in [7, 11) is 0. The van der Waals surface area contributed by atoms with Crippen LogP contribution < -0.4 is 10.6 Å². The Hall–Kier alpha value is -1.03. The lowest BCUT2D eigenvalue weighted by atomic mass is 10.1. The van der Waals surface area contributed by atoms with Crippen molar-refractivity contribution in [2.75, 3.05) is 6.54 Å². The number of carbonyl (C=O) groups excluding carboxylic acids is 1. The number of rotatable bonds is 6. The van der Waals surface area contributed by atoms with Crippen molar-refractivity contribution < 1.29 is 4.79 Å². The average Bonchev–Trinajstić information content (AvgIpc) is 2.36. The van der Waals surface area contributed by atoms with Gasteiger partial charge in [0.1, 0.15) is 0 Å². The summed E-state index contributed by atoms with van der Waals surface area (Å²) in [5, 5.41) is 5.84. The minimum atomic E-state index is -0.0707. The lowest BCUT2D eigenvalue weighted by Crippen LogP contribution is -2.42. The second-order valence-electron chi connectivity index (χ2n) is 4.29. The molecule has 2 N–H and O–H groups in total. The molecule has 0 heterocycles. The molecule has 0 saturated heterocycles. The fourth-order valence-corrected chi connectivity index (χ4v) is 2.19. The summed E-state index contributed by atoms with van der Waals surface area (Å²) >= 11 is 3.43. The van der Waals surface area contributed by atoms with E-state index in [2.05, 4.69) is 52.5 Å². The van der Waals surface area contributed by atoms with E-state index in [1.54, 1.807) is 0 Å². The maximum atomic E-state index is 11.6. The topological polar surface area (TPSA) is 41.1 Å². The minimum absolute atomic E-state index is 0.0707. The predicted octanol–water partition coefficient (Wildman–Crippen LogP) is 3.48. The van der Waals surface area contributed by atoms with Gasteiger partial charge in [0.05, 0.1) is 0 Å². The molecular weight excluding hydrogens is 292 g/mol. The Kier molecular flexibility index (Phi) is 6.80. The molecule has 1 aromatic carbocycles. The van der Waals surface area contributed by atoms with Gasteiger partial charge in [-0.1, -0.05) is 41.9 Å². The predicted molar refractivity (Wildman–Crippen MR) is 78.8 cm³/mol. The molecule has 0 fully saturated rings. The molecule has 100 valence electrons. The lowest BCUT2D eigenvalue weighted by Gasteiger charge is -2.15. The molecule has 3 nitrogen and oxygen atoms in total. The molecule has 2 amide bonds. The first-order valence-corrected chi connectivity index (χ1v) is 7.23. The van der Waals surface area contributed by atoms with Gasteiger partial charge >= 0.3 is 6.03 Å². The van der Waals surface area contributed by atoms with Crippen molar-refractivity contribution in [2.45, 2.75) is 39.2 Å². The highest BCUT2D eigenvalue weighted by molar-refractivity contribution is 9.10. The molecule has 18 heavy (non-hydrogen) atoms. The Labute approximate surface area is 117 Å². The van der Waals surface area contributed by atoms with Gasteiger partial charge < -0.3 is 10.6 Å². The van der Waals surface area contributed by atoms with Crippen LogP contribution in [-0.4, -0.2) is 18.6 Å². The van der Waals surface area contributed by atoms with Gasteiger partial charge in [0.2, 0.25) is 0 Å². The van der Waals surface area contributed by atoms with E-state index in [-0.39, 0.29) is 12.1 Å². The molecule has 0 atom stereocenters. The highest BCUT2D eigenvalue weighted by Crippen LogP contribution is 2.11. The smallest absolute Gasteiger partial charge is 0.315 e. The van der Waals surface area contributed by atoms with Crippen molar-refractivity contribution in [3.63, 3.8) is 0 Å². The maximum Gasteiger partial charge on any atom is 0.315 e. The van der Waals surface area contributed by atoms with Crippen molar-refractivity contribution >= 4 is 22.0 Å². The Morgan fingerprint density at radius 2 is 2.06 bits per heavy atom. The van der Waals surface area contributed by atoms with Crippen LogP contribution in [0.2, 0.25) is 0 Å². The zero-order chi connectivity index (χ0) is 13.4. The average molecular weight is 313 g/mol. The van der Waals surface area contributed by atoms with Crippen molar-refractivity contribution in [1.29, 1.82) is 0 Å². The highest BCUT2D eigenvalue weighted by atomic mass is 79.9. The molecule has 1 aromatic rings. The number of urea groups is 1. The summed E-state index contributed by atoms with van der Waals surface area (Å²) in [6.45, 7) is 4.81. The second-order valence-corrected chi connectivity index (χ2v) is 5.21. The Morgan fingerprint density at radius 3 is 2.67 bits per heavy atom. The number of hydrogen-bond donors (Lipinski definition) is 2. The van der Waals surface area contributed by atoms with E-state index in [0.717, 1.165) is 23.7 Å². The first kappa shape index (κ1) is 15.0. The van der Waals surface area contributed by atoms with E-state index in [1.165, 1.54) is 5.56 Å². The fraction of sp³-hybridized carbons (Fsp3) is 0.500. The van der Waals surface area contributed by atoms with Crippen LogP contribution in [0, 0.1) is 0 Å². The van der Waals surface area contributed by atoms with Gasteiger partial charge in [-0.2, -0.15) is 0 Å². The SMILES string of the molecule is CCC(CC)NC(=O)NCCc1cccc(Br)c1. The third kappa shape index (κ3) is 5.54. The largest absolute Gasteiger partial charge is 0.338 e. The van der Waals surface area contributed by atoms with Gasteiger partial charge in [-0.15, -0.1) is 0 Å². The van der Waals surface area contributed by atoms with E-state index >= 15 is 0 Å². The number of amides is 2. The molecule has 1 rings (SSSR count). The number of benzene rings is 1. The Balaban J connectivity index is 2.27. The minimum Gasteiger partial charge on any atom is -0.338 e. The van der Waals surface area contributed by atoms with Crippen molar-refractivity contribution in [1.82, 2.24) is 10.6 Å². The monoisotopic (exact) mass is 312 g/mol. The fourth-order valence-electron chi connectivity index (χ4n) is 1.74. The Morgan fingerprint density at radius 1 is 1.33 bits per heavy atom. The van der Waals surface area contributed by atoms with E-state index in [1.807, 2.05) is 12.1 Å². The van der Waals surface area contributed by atoms with Gasteiger partial charge in [0.15, 0.2) is 0 Å². The highest BCUT2D eigenvalue weighted by Gasteiger charge is 2.06. The summed E-state index contributed by atoms with van der Waals surface area (Å²) in [4.78, 5) is 11.6. The van der Waals surface area contributed by atoms with Crippen molar-refractivity contribution in [3.05, 3.63) is 34.3 Å². The van der Waals surface area contributed by atoms with Crippen LogP contribution in [-0.2, 0) is 6.42 Å². The van der Waals surface area contributed by atoms with Crippen LogP contribution in [0.3, 0.4) is 0 Å². The summed E-state index contributed by atoms with van der Waals surface area (Å²) in [5.74, 6) is 0. The summed E-state index contributed by atoms with van der Waals surface area (Å²) in [6, 6.07) is 8.33. The molecular formula is C14H21BrN2O. The molecule has 0 radical (unpaired) electrons. The summed E-state index contributed by atoms with van der Waals surface area (Å²) in [5.41, 5.74) is 1.22. The van der Waals surface area contributed by atoms with Crippen LogP contribution in [0.1, 0.15) is 32.3 Å². The van der Waals surface area contributed by atoms with Crippen LogP contribution in [0.5, 0.6) is 0 Å². The van der Waals surface area contributed by atoms with Crippen molar-refractivity contribution in [2.24, 2.45) is 0 Å². The summed E-state index contributed by atoms with van der Waals surface area (Å²) < 4.78 is 1.07. The van der Waals surface area contributed by atoms with Gasteiger partial charge in [-0.3, -0.25) is 0 Å². The summed E-state index contributed by atoms with van der Waals surface area (Å²) in [6.07, 6.45) is 2.78. The third-order valence-electron chi connectivity index (χ3n) is 2.91. The molecule has 0 aliphatic rings. The molecule has 0 aromatic heterocycles. The lowest BCUT2D eigenvalue weighted by molar-refractivity contribution is 0.236. The van der Waals surface area contributed by atoms with E-state index < -0.39 is 0 Å². The quantitative estimate of drug-likeness (QED) is 0.829. The normalized spacial score (nSPS) is 10.4. The van der Waals surface area contributed by atoms with Gasteiger partial charge in [0.25, 0.3) is 0 Å². The van der Waals surface area contributed by atoms with Crippen LogP contribution in [0.15, 0.2) is 28.7 Å². The zero-order valence-corrected chi connectivity index (χ0v) is 12.6. The first-order valence-electron chi connectivity index (χ1n) is 6.44. The molecule has 0 aliphatic heterocycles. The molecule has 0 aliphatic carbocycles. The zero-order valence-electron chi connectivity index (χ0n) is 11.0. The van der Waals surface area contributed by atoms with Crippen LogP contribution in [0.25, 0.3) is 0 Å². The van der Waals surface area contributed by atoms with Crippen LogP contribution >= 0.6 is 15.9 Å². The Bertz CT molecular complexity index is 378. The maximum absolute atomic E-state index is 11.6. The molecule has 0 unspecified atom stereocenters. The second kappa shape index (κ2) is 8.14. The van der Waals surface area contributed by atoms with Gasteiger partial charge in [-0.05, 0) is 37.0 Å². The van der Waals surface area contributed by atoms with Crippen molar-refractivity contribution in [3.8, 4) is 0 Å². The van der Waals surface area contributed by atoms with Gasteiger partial charge in [-0.25, -0.2) is 4.79 Å². The number of carbonyl (C=O) groups is 1. The molecule has 0 saturated carbocycles. The van der Waals surface area contributed by atoms with E-state index in [0.29, 0.717) is 6.54 Å². The molecule has 0 bridgehead atoms.